The fourth-order valence-electron chi connectivity index (χ4n) is 4.29. The van der Waals surface area contributed by atoms with E-state index in [0.717, 1.165) is 17.3 Å². The second-order valence-electron chi connectivity index (χ2n) is 8.22. The molecule has 0 saturated heterocycles. The van der Waals surface area contributed by atoms with Gasteiger partial charge in [0.2, 0.25) is 5.91 Å². The molecule has 1 heterocycles. The fourth-order valence-corrected chi connectivity index (χ4v) is 4.29. The van der Waals surface area contributed by atoms with E-state index in [0.29, 0.717) is 25.0 Å². The molecule has 1 fully saturated rings. The number of methoxy groups -OCH3 is 1. The standard InChI is InChI=1S/C23H30N4O6/c1-27-18-11-4-3-7-14(18)13-19(27)21(29)26-17(10-6-12-24-23(32)33-2)20(28)25-16-9-5-8-15(16)22(30)31/h3-4,7,11,13,15-17H,5-6,8-10,12H2,1-2H3,(H,24,32)(H,25,28)(H,26,29)(H,30,31)/t15-,16+,17+/m1/s1. The van der Waals surface area contributed by atoms with Gasteiger partial charge in [-0.2, -0.15) is 0 Å². The Balaban J connectivity index is 1.71. The summed E-state index contributed by atoms with van der Waals surface area (Å²) in [6.45, 7) is 0.265. The predicted octanol–water partition coefficient (Wildman–Crippen LogP) is 1.78. The van der Waals surface area contributed by atoms with Crippen LogP contribution in [0.15, 0.2) is 30.3 Å². The van der Waals surface area contributed by atoms with Crippen LogP contribution in [0.1, 0.15) is 42.6 Å². The molecule has 1 aromatic carbocycles. The first kappa shape index (κ1) is 24.1. The first-order valence-corrected chi connectivity index (χ1v) is 11.0. The van der Waals surface area contributed by atoms with Crippen molar-refractivity contribution in [2.24, 2.45) is 13.0 Å². The van der Waals surface area contributed by atoms with Gasteiger partial charge in [-0.25, -0.2) is 4.79 Å². The van der Waals surface area contributed by atoms with Crippen LogP contribution in [0.25, 0.3) is 10.9 Å². The lowest BCUT2D eigenvalue weighted by Crippen LogP contribution is -2.51. The van der Waals surface area contributed by atoms with E-state index in [1.165, 1.54) is 7.11 Å². The smallest absolute Gasteiger partial charge is 0.406 e. The topological polar surface area (TPSA) is 139 Å². The highest BCUT2D eigenvalue weighted by Crippen LogP contribution is 2.26. The molecule has 0 radical (unpaired) electrons. The van der Waals surface area contributed by atoms with Crippen molar-refractivity contribution in [3.05, 3.63) is 36.0 Å². The van der Waals surface area contributed by atoms with E-state index >= 15 is 0 Å². The Morgan fingerprint density at radius 3 is 2.67 bits per heavy atom. The number of ether oxygens (including phenoxy) is 1. The summed E-state index contributed by atoms with van der Waals surface area (Å²) in [5, 5.41) is 18.5. The number of benzene rings is 1. The largest absolute Gasteiger partial charge is 0.481 e. The minimum absolute atomic E-state index is 0.260. The Morgan fingerprint density at radius 2 is 1.97 bits per heavy atom. The average molecular weight is 459 g/mol. The number of para-hydroxylation sites is 1. The van der Waals surface area contributed by atoms with Crippen molar-refractivity contribution < 1.29 is 29.0 Å². The van der Waals surface area contributed by atoms with Crippen molar-refractivity contribution in [3.63, 3.8) is 0 Å². The molecular weight excluding hydrogens is 428 g/mol. The number of carbonyl (C=O) groups is 4. The van der Waals surface area contributed by atoms with Crippen LogP contribution in [0.5, 0.6) is 0 Å². The first-order chi connectivity index (χ1) is 15.8. The number of fused-ring (bicyclic) bond motifs is 1. The summed E-state index contributed by atoms with van der Waals surface area (Å²) in [4.78, 5) is 48.8. The van der Waals surface area contributed by atoms with Gasteiger partial charge in [-0.15, -0.1) is 0 Å². The molecule has 0 spiro atoms. The van der Waals surface area contributed by atoms with Crippen LogP contribution >= 0.6 is 0 Å². The number of amides is 3. The van der Waals surface area contributed by atoms with E-state index in [1.54, 1.807) is 17.7 Å². The van der Waals surface area contributed by atoms with Gasteiger partial charge >= 0.3 is 12.1 Å². The lowest BCUT2D eigenvalue weighted by Gasteiger charge is -2.23. The number of carboxylic acids is 1. The molecular formula is C23H30N4O6. The molecule has 3 amide bonds. The third kappa shape index (κ3) is 5.82. The van der Waals surface area contributed by atoms with Crippen LogP contribution in [0.2, 0.25) is 0 Å². The molecule has 10 heteroatoms. The van der Waals surface area contributed by atoms with Crippen LogP contribution in [0, 0.1) is 5.92 Å². The minimum Gasteiger partial charge on any atom is -0.481 e. The van der Waals surface area contributed by atoms with Gasteiger partial charge in [0.1, 0.15) is 11.7 Å². The zero-order chi connectivity index (χ0) is 24.0. The van der Waals surface area contributed by atoms with E-state index < -0.39 is 41.9 Å². The van der Waals surface area contributed by atoms with Gasteiger partial charge in [-0.3, -0.25) is 14.4 Å². The van der Waals surface area contributed by atoms with Crippen molar-refractivity contribution in [2.45, 2.75) is 44.2 Å². The molecule has 0 unspecified atom stereocenters. The molecule has 1 aromatic heterocycles. The molecule has 1 aliphatic rings. The SMILES string of the molecule is COC(=O)NCCC[C@H](NC(=O)c1cc2ccccc2n1C)C(=O)N[C@H]1CCC[C@H]1C(=O)O. The van der Waals surface area contributed by atoms with E-state index in [1.807, 2.05) is 24.3 Å². The molecule has 2 aromatic rings. The Bertz CT molecular complexity index is 1030. The number of aliphatic carboxylic acids is 1. The summed E-state index contributed by atoms with van der Waals surface area (Å²) < 4.78 is 6.29. The molecule has 1 saturated carbocycles. The maximum atomic E-state index is 13.1. The number of nitrogens with one attached hydrogen (secondary N) is 3. The van der Waals surface area contributed by atoms with Crippen molar-refractivity contribution in [3.8, 4) is 0 Å². The summed E-state index contributed by atoms with van der Waals surface area (Å²) in [5.74, 6) is -2.41. The molecule has 0 bridgehead atoms. The Kier molecular flexibility index (Phi) is 7.92. The minimum atomic E-state index is -0.934. The number of hydrogen-bond donors (Lipinski definition) is 4. The number of aryl methyl sites for hydroxylation is 1. The van der Waals surface area contributed by atoms with Crippen LogP contribution in [0.3, 0.4) is 0 Å². The average Bonchev–Trinajstić information content (AvgIpc) is 3.40. The Morgan fingerprint density at radius 1 is 1.21 bits per heavy atom. The van der Waals surface area contributed by atoms with Gasteiger partial charge < -0.3 is 30.4 Å². The fraction of sp³-hybridized carbons (Fsp3) is 0.478. The predicted molar refractivity (Wildman–Crippen MR) is 121 cm³/mol. The third-order valence-corrected chi connectivity index (χ3v) is 6.09. The second kappa shape index (κ2) is 10.8. The maximum absolute atomic E-state index is 13.1. The summed E-state index contributed by atoms with van der Waals surface area (Å²) in [6.07, 6.45) is 1.90. The Labute approximate surface area is 191 Å². The molecule has 3 atom stereocenters. The number of aromatic nitrogens is 1. The van der Waals surface area contributed by atoms with Gasteiger partial charge in [-0.05, 0) is 37.8 Å². The van der Waals surface area contributed by atoms with Crippen LogP contribution in [-0.2, 0) is 21.4 Å². The van der Waals surface area contributed by atoms with Crippen molar-refractivity contribution in [2.75, 3.05) is 13.7 Å². The quantitative estimate of drug-likeness (QED) is 0.423. The van der Waals surface area contributed by atoms with Crippen molar-refractivity contribution in [1.29, 1.82) is 0 Å². The van der Waals surface area contributed by atoms with E-state index in [9.17, 15) is 24.3 Å². The lowest BCUT2D eigenvalue weighted by atomic mass is 10.0. The van der Waals surface area contributed by atoms with Gasteiger partial charge in [0.15, 0.2) is 0 Å². The third-order valence-electron chi connectivity index (χ3n) is 6.09. The van der Waals surface area contributed by atoms with Gasteiger partial charge in [0.25, 0.3) is 5.91 Å². The van der Waals surface area contributed by atoms with Gasteiger partial charge in [0.05, 0.1) is 13.0 Å². The molecule has 178 valence electrons. The lowest BCUT2D eigenvalue weighted by molar-refractivity contribution is -0.142. The van der Waals surface area contributed by atoms with E-state index in [4.69, 9.17) is 0 Å². The maximum Gasteiger partial charge on any atom is 0.406 e. The molecule has 3 rings (SSSR count). The van der Waals surface area contributed by atoms with Crippen LogP contribution in [-0.4, -0.2) is 59.3 Å². The van der Waals surface area contributed by atoms with E-state index in [2.05, 4.69) is 20.7 Å². The van der Waals surface area contributed by atoms with Crippen molar-refractivity contribution in [1.82, 2.24) is 20.5 Å². The summed E-state index contributed by atoms with van der Waals surface area (Å²) in [5.41, 5.74) is 1.30. The molecule has 33 heavy (non-hydrogen) atoms. The second-order valence-corrected chi connectivity index (χ2v) is 8.22. The number of hydrogen-bond acceptors (Lipinski definition) is 5. The summed E-state index contributed by atoms with van der Waals surface area (Å²) in [7, 11) is 3.04. The Hall–Kier alpha value is -3.56. The number of rotatable bonds is 9. The summed E-state index contributed by atoms with van der Waals surface area (Å²) >= 11 is 0. The normalized spacial score (nSPS) is 18.5. The highest BCUT2D eigenvalue weighted by Gasteiger charge is 2.35. The first-order valence-electron chi connectivity index (χ1n) is 11.0. The molecule has 10 nitrogen and oxygen atoms in total. The molecule has 0 aliphatic heterocycles. The number of carbonyl (C=O) groups excluding carboxylic acids is 3. The zero-order valence-electron chi connectivity index (χ0n) is 18.8. The number of carboxylic acid groups (broad SMARTS) is 1. The highest BCUT2D eigenvalue weighted by atomic mass is 16.5. The summed E-state index contributed by atoms with van der Waals surface area (Å²) in [6, 6.07) is 7.98. The zero-order valence-corrected chi connectivity index (χ0v) is 18.8. The van der Waals surface area contributed by atoms with Crippen LogP contribution in [0.4, 0.5) is 4.79 Å². The van der Waals surface area contributed by atoms with Gasteiger partial charge in [-0.1, -0.05) is 24.6 Å². The van der Waals surface area contributed by atoms with Crippen LogP contribution < -0.4 is 16.0 Å². The highest BCUT2D eigenvalue weighted by molar-refractivity contribution is 6.00. The number of nitrogens with zero attached hydrogens (tertiary/aromatic N) is 1. The monoisotopic (exact) mass is 458 g/mol. The number of alkyl carbamates (subject to hydrolysis) is 1. The molecule has 1 aliphatic carbocycles. The van der Waals surface area contributed by atoms with E-state index in [-0.39, 0.29) is 13.0 Å². The van der Waals surface area contributed by atoms with Gasteiger partial charge in [0, 0.05) is 30.5 Å². The molecule has 4 N–H and O–H groups in total. The van der Waals surface area contributed by atoms with Crippen molar-refractivity contribution >= 4 is 34.8 Å².